The lowest BCUT2D eigenvalue weighted by molar-refractivity contribution is 0.0930. The second-order valence-electron chi connectivity index (χ2n) is 8.45. The Balaban J connectivity index is 2.53. The fourth-order valence-electron chi connectivity index (χ4n) is 3.15. The largest absolute Gasteiger partial charge is 0.493 e. The summed E-state index contributed by atoms with van der Waals surface area (Å²) in [7, 11) is 1.62. The minimum atomic E-state index is -0.586. The van der Waals surface area contributed by atoms with Crippen LogP contribution in [0.3, 0.4) is 0 Å². The molecular weight excluding hydrogens is 314 g/mol. The van der Waals surface area contributed by atoms with Crippen LogP contribution < -0.4 is 14.8 Å². The fraction of sp³-hybridized carbons (Fsp3) is 0.619. The molecule has 4 heteroatoms. The van der Waals surface area contributed by atoms with E-state index in [1.807, 2.05) is 24.3 Å². The van der Waals surface area contributed by atoms with E-state index >= 15 is 0 Å². The summed E-state index contributed by atoms with van der Waals surface area (Å²) in [4.78, 5) is 0. The van der Waals surface area contributed by atoms with Crippen molar-refractivity contribution >= 4 is 0 Å². The zero-order valence-electron chi connectivity index (χ0n) is 16.7. The molecule has 4 nitrogen and oxygen atoms in total. The van der Waals surface area contributed by atoms with Gasteiger partial charge in [-0.3, -0.25) is 0 Å². The van der Waals surface area contributed by atoms with E-state index in [9.17, 15) is 5.11 Å². The van der Waals surface area contributed by atoms with Crippen molar-refractivity contribution in [1.82, 2.24) is 5.32 Å². The topological polar surface area (TPSA) is 50.7 Å². The third kappa shape index (κ3) is 8.41. The zero-order valence-corrected chi connectivity index (χ0v) is 16.7. The number of hydrogen-bond donors (Lipinski definition) is 2. The number of aliphatic hydroxyl groups is 1. The summed E-state index contributed by atoms with van der Waals surface area (Å²) in [5.41, 5.74) is 1.31. The predicted molar refractivity (Wildman–Crippen MR) is 105 cm³/mol. The van der Waals surface area contributed by atoms with Gasteiger partial charge in [0.15, 0.2) is 11.5 Å². The molecule has 1 aromatic carbocycles. The summed E-state index contributed by atoms with van der Waals surface area (Å²) >= 11 is 0. The van der Waals surface area contributed by atoms with E-state index < -0.39 is 6.10 Å². The SMILES string of the molecule is C=CCc1ccc(OC[C@@H](O)CNC(C)(C)CC(C)(C)C)c(OC)c1. The average Bonchev–Trinajstić information content (AvgIpc) is 2.49. The first kappa shape index (κ1) is 21.5. The Bertz CT molecular complexity index is 547. The minimum absolute atomic E-state index is 0.0384. The molecule has 0 saturated heterocycles. The highest BCUT2D eigenvalue weighted by Gasteiger charge is 2.25. The molecule has 0 fully saturated rings. The van der Waals surface area contributed by atoms with E-state index in [2.05, 4.69) is 46.5 Å². The molecule has 0 radical (unpaired) electrons. The van der Waals surface area contributed by atoms with Gasteiger partial charge < -0.3 is 19.9 Å². The van der Waals surface area contributed by atoms with Gasteiger partial charge in [0, 0.05) is 12.1 Å². The summed E-state index contributed by atoms with van der Waals surface area (Å²) < 4.78 is 11.1. The summed E-state index contributed by atoms with van der Waals surface area (Å²) in [6.45, 7) is 15.4. The number of nitrogens with one attached hydrogen (secondary N) is 1. The molecule has 0 aromatic heterocycles. The van der Waals surface area contributed by atoms with E-state index in [4.69, 9.17) is 9.47 Å². The predicted octanol–water partition coefficient (Wildman–Crippen LogP) is 3.97. The van der Waals surface area contributed by atoms with Gasteiger partial charge in [-0.25, -0.2) is 0 Å². The lowest BCUT2D eigenvalue weighted by Crippen LogP contribution is -2.46. The normalized spacial score (nSPS) is 13.4. The van der Waals surface area contributed by atoms with Gasteiger partial charge in [0.25, 0.3) is 0 Å². The molecule has 0 unspecified atom stereocenters. The molecule has 25 heavy (non-hydrogen) atoms. The third-order valence-electron chi connectivity index (χ3n) is 3.83. The Morgan fingerprint density at radius 3 is 2.44 bits per heavy atom. The number of ether oxygens (including phenoxy) is 2. The van der Waals surface area contributed by atoms with Crippen LogP contribution >= 0.6 is 0 Å². The van der Waals surface area contributed by atoms with E-state index in [1.165, 1.54) is 0 Å². The van der Waals surface area contributed by atoms with Gasteiger partial charge >= 0.3 is 0 Å². The van der Waals surface area contributed by atoms with Crippen molar-refractivity contribution in [1.29, 1.82) is 0 Å². The Hall–Kier alpha value is -1.52. The van der Waals surface area contributed by atoms with Crippen molar-refractivity contribution in [3.8, 4) is 11.5 Å². The molecule has 0 aliphatic heterocycles. The summed E-state index contributed by atoms with van der Waals surface area (Å²) in [6, 6.07) is 5.80. The van der Waals surface area contributed by atoms with Crippen LogP contribution in [0.2, 0.25) is 0 Å². The number of rotatable bonds is 10. The minimum Gasteiger partial charge on any atom is -0.493 e. The van der Waals surface area contributed by atoms with Crippen molar-refractivity contribution in [2.75, 3.05) is 20.3 Å². The maximum absolute atomic E-state index is 10.2. The first-order valence-electron chi connectivity index (χ1n) is 8.90. The van der Waals surface area contributed by atoms with Gasteiger partial charge in [-0.2, -0.15) is 0 Å². The first-order valence-corrected chi connectivity index (χ1v) is 8.90. The quantitative estimate of drug-likeness (QED) is 0.628. The van der Waals surface area contributed by atoms with Gasteiger partial charge in [-0.05, 0) is 49.8 Å². The highest BCUT2D eigenvalue weighted by molar-refractivity contribution is 5.43. The Kier molecular flexibility index (Phi) is 7.97. The lowest BCUT2D eigenvalue weighted by Gasteiger charge is -2.34. The van der Waals surface area contributed by atoms with Crippen molar-refractivity contribution in [2.24, 2.45) is 5.41 Å². The summed E-state index contributed by atoms with van der Waals surface area (Å²) in [6.07, 6.45) is 3.07. The van der Waals surface area contributed by atoms with Crippen LogP contribution in [-0.2, 0) is 6.42 Å². The van der Waals surface area contributed by atoms with Crippen LogP contribution in [-0.4, -0.2) is 37.0 Å². The van der Waals surface area contributed by atoms with Gasteiger partial charge in [0.1, 0.15) is 12.7 Å². The molecule has 1 atom stereocenters. The van der Waals surface area contributed by atoms with Crippen molar-refractivity contribution in [3.05, 3.63) is 36.4 Å². The molecule has 0 saturated carbocycles. The number of allylic oxidation sites excluding steroid dienone is 1. The van der Waals surface area contributed by atoms with E-state index in [0.29, 0.717) is 18.0 Å². The fourth-order valence-corrected chi connectivity index (χ4v) is 3.15. The molecule has 0 aliphatic carbocycles. The van der Waals surface area contributed by atoms with Gasteiger partial charge in [0.05, 0.1) is 7.11 Å². The first-order chi connectivity index (χ1) is 11.6. The van der Waals surface area contributed by atoms with E-state index in [1.54, 1.807) is 7.11 Å². The Labute approximate surface area is 153 Å². The number of β-amino-alcohol motifs (C(OH)–C–C–N with tert-alkyl or cyclic N) is 1. The molecule has 142 valence electrons. The molecule has 1 aromatic rings. The van der Waals surface area contributed by atoms with Crippen molar-refractivity contribution in [2.45, 2.75) is 59.1 Å². The highest BCUT2D eigenvalue weighted by Crippen LogP contribution is 2.29. The van der Waals surface area contributed by atoms with Crippen LogP contribution in [0.5, 0.6) is 11.5 Å². The summed E-state index contributed by atoms with van der Waals surface area (Å²) in [5.74, 6) is 1.32. The molecular formula is C21H35NO3. The monoisotopic (exact) mass is 349 g/mol. The number of benzene rings is 1. The number of methoxy groups -OCH3 is 1. The molecule has 0 amide bonds. The average molecular weight is 350 g/mol. The number of aliphatic hydroxyl groups excluding tert-OH is 1. The molecule has 0 aliphatic rings. The maximum atomic E-state index is 10.2. The Morgan fingerprint density at radius 2 is 1.88 bits per heavy atom. The van der Waals surface area contributed by atoms with E-state index in [0.717, 1.165) is 18.4 Å². The lowest BCUT2D eigenvalue weighted by atomic mass is 9.82. The van der Waals surface area contributed by atoms with Crippen LogP contribution in [0.4, 0.5) is 0 Å². The number of hydrogen-bond acceptors (Lipinski definition) is 4. The standard InChI is InChI=1S/C21H35NO3/c1-8-9-16-10-11-18(19(12-16)24-7)25-14-17(23)13-22-21(5,6)15-20(2,3)4/h8,10-12,17,22-23H,1,9,13-15H2,2-7H3/t17-/m0/s1. The van der Waals surface area contributed by atoms with Crippen molar-refractivity contribution in [3.63, 3.8) is 0 Å². The van der Waals surface area contributed by atoms with Crippen LogP contribution in [0, 0.1) is 5.41 Å². The molecule has 0 spiro atoms. The molecule has 2 N–H and O–H groups in total. The van der Waals surface area contributed by atoms with Crippen molar-refractivity contribution < 1.29 is 14.6 Å². The molecule has 0 bridgehead atoms. The smallest absolute Gasteiger partial charge is 0.161 e. The van der Waals surface area contributed by atoms with Gasteiger partial charge in [0.2, 0.25) is 0 Å². The van der Waals surface area contributed by atoms with Crippen LogP contribution in [0.25, 0.3) is 0 Å². The maximum Gasteiger partial charge on any atom is 0.161 e. The summed E-state index contributed by atoms with van der Waals surface area (Å²) in [5, 5.41) is 13.7. The van der Waals surface area contributed by atoms with E-state index in [-0.39, 0.29) is 17.6 Å². The second-order valence-corrected chi connectivity index (χ2v) is 8.45. The van der Waals surface area contributed by atoms with Gasteiger partial charge in [-0.15, -0.1) is 6.58 Å². The second kappa shape index (κ2) is 9.25. The highest BCUT2D eigenvalue weighted by atomic mass is 16.5. The van der Waals surface area contributed by atoms with Crippen LogP contribution in [0.15, 0.2) is 30.9 Å². The molecule has 1 rings (SSSR count). The third-order valence-corrected chi connectivity index (χ3v) is 3.83. The Morgan fingerprint density at radius 1 is 1.20 bits per heavy atom. The van der Waals surface area contributed by atoms with Crippen LogP contribution in [0.1, 0.15) is 46.6 Å². The zero-order chi connectivity index (χ0) is 19.1. The van der Waals surface area contributed by atoms with Gasteiger partial charge in [-0.1, -0.05) is 32.9 Å². The molecule has 0 heterocycles.